The maximum absolute atomic E-state index is 8.97. The summed E-state index contributed by atoms with van der Waals surface area (Å²) < 4.78 is 5.77. The fraction of sp³-hybridized carbons (Fsp3) is 0.400. The molecule has 0 amide bonds. The molecule has 0 heterocycles. The van der Waals surface area contributed by atoms with Crippen LogP contribution < -0.4 is 4.74 Å². The van der Waals surface area contributed by atoms with Gasteiger partial charge >= 0.3 is 0 Å². The summed E-state index contributed by atoms with van der Waals surface area (Å²) in [5, 5.41) is 17.9. The van der Waals surface area contributed by atoms with E-state index in [1.54, 1.807) is 0 Å². The van der Waals surface area contributed by atoms with E-state index in [1.807, 2.05) is 23.1 Å². The Morgan fingerprint density at radius 3 is 2.00 bits per heavy atom. The summed E-state index contributed by atoms with van der Waals surface area (Å²) in [4.78, 5) is 2.03. The lowest BCUT2D eigenvalue weighted by Gasteiger charge is -2.19. The first-order valence-electron chi connectivity index (χ1n) is 8.51. The minimum atomic E-state index is 0.115. The van der Waals surface area contributed by atoms with Gasteiger partial charge in [-0.1, -0.05) is 42.5 Å². The lowest BCUT2D eigenvalue weighted by molar-refractivity contribution is 0.153. The molecule has 0 aliphatic rings. The molecule has 2 aromatic rings. The Hall–Kier alpha value is -1.88. The number of ether oxygens (including phenoxy) is 1. The molecule has 0 atom stereocenters. The van der Waals surface area contributed by atoms with E-state index in [-0.39, 0.29) is 13.2 Å². The fourth-order valence-corrected chi connectivity index (χ4v) is 2.63. The summed E-state index contributed by atoms with van der Waals surface area (Å²) in [6, 6.07) is 18.6. The average Bonchev–Trinajstić information content (AvgIpc) is 2.61. The van der Waals surface area contributed by atoms with Crippen molar-refractivity contribution in [1.29, 1.82) is 0 Å². The van der Waals surface area contributed by atoms with Crippen LogP contribution in [-0.2, 0) is 6.42 Å². The summed E-state index contributed by atoms with van der Waals surface area (Å²) in [5.41, 5.74) is 2.57. The van der Waals surface area contributed by atoms with Crippen LogP contribution in [0.2, 0.25) is 0 Å². The molecule has 0 saturated heterocycles. The largest absolute Gasteiger partial charge is 0.494 e. The zero-order valence-corrected chi connectivity index (χ0v) is 14.1. The van der Waals surface area contributed by atoms with Crippen molar-refractivity contribution >= 4 is 0 Å². The molecule has 2 aromatic carbocycles. The number of benzene rings is 2. The summed E-state index contributed by atoms with van der Waals surface area (Å²) in [6.07, 6.45) is 1.80. The molecule has 130 valence electrons. The lowest BCUT2D eigenvalue weighted by Crippen LogP contribution is -2.31. The van der Waals surface area contributed by atoms with Crippen molar-refractivity contribution in [2.45, 2.75) is 12.8 Å². The molecular formula is C20H27NO3. The van der Waals surface area contributed by atoms with Crippen LogP contribution in [0.3, 0.4) is 0 Å². The van der Waals surface area contributed by atoms with E-state index in [4.69, 9.17) is 14.9 Å². The number of hydrogen-bond donors (Lipinski definition) is 2. The van der Waals surface area contributed by atoms with Gasteiger partial charge in [0.05, 0.1) is 19.8 Å². The Morgan fingerprint density at radius 2 is 1.38 bits per heavy atom. The molecule has 24 heavy (non-hydrogen) atoms. The first-order valence-corrected chi connectivity index (χ1v) is 8.51. The van der Waals surface area contributed by atoms with Gasteiger partial charge in [-0.3, -0.25) is 4.90 Å². The zero-order chi connectivity index (χ0) is 17.0. The van der Waals surface area contributed by atoms with Crippen LogP contribution >= 0.6 is 0 Å². The van der Waals surface area contributed by atoms with Gasteiger partial charge < -0.3 is 14.9 Å². The molecule has 4 nitrogen and oxygen atoms in total. The van der Waals surface area contributed by atoms with Gasteiger partial charge in [0.25, 0.3) is 0 Å². The summed E-state index contributed by atoms with van der Waals surface area (Å²) in [6.45, 7) is 2.86. The smallest absolute Gasteiger partial charge is 0.119 e. The molecular weight excluding hydrogens is 302 g/mol. The van der Waals surface area contributed by atoms with E-state index in [0.29, 0.717) is 19.7 Å². The minimum absolute atomic E-state index is 0.115. The number of hydrogen-bond acceptors (Lipinski definition) is 4. The highest BCUT2D eigenvalue weighted by molar-refractivity contribution is 5.31. The van der Waals surface area contributed by atoms with Crippen LogP contribution in [0, 0.1) is 0 Å². The molecule has 0 aromatic heterocycles. The second-order valence-corrected chi connectivity index (χ2v) is 5.80. The highest BCUT2D eigenvalue weighted by Gasteiger charge is 2.03. The van der Waals surface area contributed by atoms with E-state index in [2.05, 4.69) is 36.4 Å². The molecule has 0 aliphatic heterocycles. The number of aliphatic hydroxyl groups is 2. The van der Waals surface area contributed by atoms with Crippen LogP contribution in [0.4, 0.5) is 0 Å². The first kappa shape index (κ1) is 18.5. The van der Waals surface area contributed by atoms with E-state index in [0.717, 1.165) is 25.1 Å². The van der Waals surface area contributed by atoms with Gasteiger partial charge in [-0.05, 0) is 36.1 Å². The Bertz CT molecular complexity index is 551. The molecule has 4 heteroatoms. The van der Waals surface area contributed by atoms with Crippen LogP contribution in [0.5, 0.6) is 5.75 Å². The van der Waals surface area contributed by atoms with Gasteiger partial charge in [0.15, 0.2) is 0 Å². The second kappa shape index (κ2) is 10.8. The minimum Gasteiger partial charge on any atom is -0.494 e. The van der Waals surface area contributed by atoms with Gasteiger partial charge in [-0.15, -0.1) is 0 Å². The Labute approximate surface area is 144 Å². The second-order valence-electron chi connectivity index (χ2n) is 5.80. The van der Waals surface area contributed by atoms with Gasteiger partial charge in [0, 0.05) is 19.6 Å². The Kier molecular flexibility index (Phi) is 8.32. The molecule has 0 radical (unpaired) electrons. The Morgan fingerprint density at radius 1 is 0.750 bits per heavy atom. The maximum atomic E-state index is 8.97. The predicted molar refractivity (Wildman–Crippen MR) is 96.4 cm³/mol. The highest BCUT2D eigenvalue weighted by atomic mass is 16.5. The van der Waals surface area contributed by atoms with E-state index < -0.39 is 0 Å². The molecule has 0 aliphatic carbocycles. The Balaban J connectivity index is 1.72. The molecule has 0 spiro atoms. The summed E-state index contributed by atoms with van der Waals surface area (Å²) >= 11 is 0. The van der Waals surface area contributed by atoms with Gasteiger partial charge in [-0.25, -0.2) is 0 Å². The molecule has 0 unspecified atom stereocenters. The maximum Gasteiger partial charge on any atom is 0.119 e. The van der Waals surface area contributed by atoms with Crippen molar-refractivity contribution in [1.82, 2.24) is 4.90 Å². The number of aliphatic hydroxyl groups excluding tert-OH is 2. The predicted octanol–water partition coefficient (Wildman–Crippen LogP) is 2.33. The number of nitrogens with zero attached hydrogens (tertiary/aromatic N) is 1. The van der Waals surface area contributed by atoms with Crippen molar-refractivity contribution in [2.24, 2.45) is 0 Å². The van der Waals surface area contributed by atoms with E-state index >= 15 is 0 Å². The molecule has 2 rings (SSSR count). The van der Waals surface area contributed by atoms with Crippen molar-refractivity contribution in [3.63, 3.8) is 0 Å². The SMILES string of the molecule is OCCN(CCO)CCCOc1ccc(Cc2ccccc2)cc1. The quantitative estimate of drug-likeness (QED) is 0.621. The van der Waals surface area contributed by atoms with Crippen LogP contribution in [0.1, 0.15) is 17.5 Å². The summed E-state index contributed by atoms with van der Waals surface area (Å²) in [5.74, 6) is 0.877. The third kappa shape index (κ3) is 6.71. The average molecular weight is 329 g/mol. The van der Waals surface area contributed by atoms with Gasteiger partial charge in [0.1, 0.15) is 5.75 Å². The van der Waals surface area contributed by atoms with Crippen LogP contribution in [0.25, 0.3) is 0 Å². The standard InChI is InChI=1S/C20H27NO3/c22-14-12-21(13-15-23)11-4-16-24-20-9-7-19(8-10-20)17-18-5-2-1-3-6-18/h1-3,5-10,22-23H,4,11-17H2. The van der Waals surface area contributed by atoms with Gasteiger partial charge in [-0.2, -0.15) is 0 Å². The zero-order valence-electron chi connectivity index (χ0n) is 14.1. The third-order valence-corrected chi connectivity index (χ3v) is 3.89. The van der Waals surface area contributed by atoms with E-state index in [9.17, 15) is 0 Å². The molecule has 0 saturated carbocycles. The molecule has 2 N–H and O–H groups in total. The molecule has 0 fully saturated rings. The van der Waals surface area contributed by atoms with E-state index in [1.165, 1.54) is 11.1 Å². The number of rotatable bonds is 11. The molecule has 0 bridgehead atoms. The highest BCUT2D eigenvalue weighted by Crippen LogP contribution is 2.15. The van der Waals surface area contributed by atoms with Crippen molar-refractivity contribution in [2.75, 3.05) is 39.5 Å². The summed E-state index contributed by atoms with van der Waals surface area (Å²) in [7, 11) is 0. The van der Waals surface area contributed by atoms with Crippen LogP contribution in [0.15, 0.2) is 54.6 Å². The normalized spacial score (nSPS) is 11.0. The van der Waals surface area contributed by atoms with Crippen molar-refractivity contribution < 1.29 is 14.9 Å². The third-order valence-electron chi connectivity index (χ3n) is 3.89. The lowest BCUT2D eigenvalue weighted by atomic mass is 10.1. The van der Waals surface area contributed by atoms with Crippen molar-refractivity contribution in [3.8, 4) is 5.75 Å². The monoisotopic (exact) mass is 329 g/mol. The van der Waals surface area contributed by atoms with Crippen LogP contribution in [-0.4, -0.2) is 54.6 Å². The first-order chi connectivity index (χ1) is 11.8. The fourth-order valence-electron chi connectivity index (χ4n) is 2.63. The van der Waals surface area contributed by atoms with Gasteiger partial charge in [0.2, 0.25) is 0 Å². The topological polar surface area (TPSA) is 52.9 Å². The van der Waals surface area contributed by atoms with Crippen molar-refractivity contribution in [3.05, 3.63) is 65.7 Å².